The zero-order chi connectivity index (χ0) is 25.3. The molecule has 4 rings (SSSR count). The Bertz CT molecular complexity index is 1120. The highest BCUT2D eigenvalue weighted by Crippen LogP contribution is 2.24. The Kier molecular flexibility index (Phi) is 7.10. The van der Waals surface area contributed by atoms with Crippen molar-refractivity contribution in [2.75, 3.05) is 26.2 Å². The molecule has 2 saturated heterocycles. The summed E-state index contributed by atoms with van der Waals surface area (Å²) < 4.78 is 5.48. The van der Waals surface area contributed by atoms with Crippen molar-refractivity contribution >= 4 is 28.8 Å². The first-order valence-corrected chi connectivity index (χ1v) is 12.7. The normalized spacial score (nSPS) is 21.2. The van der Waals surface area contributed by atoms with Gasteiger partial charge in [0.2, 0.25) is 5.91 Å². The lowest BCUT2D eigenvalue weighted by Gasteiger charge is -2.36. The molecule has 1 aromatic carbocycles. The Morgan fingerprint density at radius 3 is 2.49 bits per heavy atom. The number of fused-ring (bicyclic) bond motifs is 1. The number of hydrogen-bond acceptors (Lipinski definition) is 4. The zero-order valence-electron chi connectivity index (χ0n) is 21.6. The van der Waals surface area contributed by atoms with Crippen molar-refractivity contribution < 1.29 is 19.1 Å². The van der Waals surface area contributed by atoms with Crippen LogP contribution < -0.4 is 5.32 Å². The summed E-state index contributed by atoms with van der Waals surface area (Å²) in [5.41, 5.74) is 3.41. The van der Waals surface area contributed by atoms with Crippen LogP contribution in [0.5, 0.6) is 0 Å². The van der Waals surface area contributed by atoms with Crippen molar-refractivity contribution in [3.8, 4) is 0 Å². The predicted molar refractivity (Wildman–Crippen MR) is 135 cm³/mol. The molecule has 2 aromatic rings. The Labute approximate surface area is 207 Å². The number of aromatic amines is 1. The van der Waals surface area contributed by atoms with Crippen LogP contribution in [-0.4, -0.2) is 70.5 Å². The van der Waals surface area contributed by atoms with Crippen LogP contribution in [-0.2, 0) is 9.53 Å². The van der Waals surface area contributed by atoms with Gasteiger partial charge in [-0.1, -0.05) is 0 Å². The second-order valence-electron chi connectivity index (χ2n) is 11.0. The monoisotopic (exact) mass is 482 g/mol. The number of piperidine rings is 2. The van der Waals surface area contributed by atoms with Gasteiger partial charge >= 0.3 is 6.09 Å². The minimum atomic E-state index is -0.562. The molecule has 2 aliphatic rings. The van der Waals surface area contributed by atoms with Crippen molar-refractivity contribution in [1.29, 1.82) is 0 Å². The lowest BCUT2D eigenvalue weighted by molar-refractivity contribution is -0.127. The van der Waals surface area contributed by atoms with Gasteiger partial charge in [-0.3, -0.25) is 9.59 Å². The summed E-state index contributed by atoms with van der Waals surface area (Å²) in [5.74, 6) is -0.306. The fraction of sp³-hybridized carbons (Fsp3) is 0.593. The maximum Gasteiger partial charge on any atom is 0.410 e. The number of amides is 3. The number of ether oxygens (including phenoxy) is 1. The molecular weight excluding hydrogens is 444 g/mol. The van der Waals surface area contributed by atoms with E-state index in [1.165, 1.54) is 0 Å². The molecule has 3 heterocycles. The lowest BCUT2D eigenvalue weighted by atomic mass is 9.96. The van der Waals surface area contributed by atoms with E-state index < -0.39 is 5.60 Å². The molecule has 2 atom stereocenters. The number of aromatic nitrogens is 1. The molecule has 2 fully saturated rings. The van der Waals surface area contributed by atoms with Crippen molar-refractivity contribution in [3.63, 3.8) is 0 Å². The van der Waals surface area contributed by atoms with E-state index in [9.17, 15) is 14.4 Å². The van der Waals surface area contributed by atoms with Gasteiger partial charge in [-0.2, -0.15) is 0 Å². The van der Waals surface area contributed by atoms with E-state index in [0.717, 1.165) is 47.8 Å². The number of carbonyl (C=O) groups excluding carboxylic acids is 3. The number of hydrogen-bond donors (Lipinski definition) is 2. The highest BCUT2D eigenvalue weighted by Gasteiger charge is 2.33. The number of nitrogens with one attached hydrogen (secondary N) is 2. The number of nitrogens with zero attached hydrogens (tertiary/aromatic N) is 2. The van der Waals surface area contributed by atoms with Crippen molar-refractivity contribution in [1.82, 2.24) is 20.1 Å². The molecule has 0 radical (unpaired) electrons. The van der Waals surface area contributed by atoms with E-state index in [0.29, 0.717) is 31.7 Å². The van der Waals surface area contributed by atoms with Gasteiger partial charge < -0.3 is 24.8 Å². The number of aryl methyl sites for hydroxylation is 2. The van der Waals surface area contributed by atoms with E-state index in [-0.39, 0.29) is 29.9 Å². The van der Waals surface area contributed by atoms with E-state index in [2.05, 4.69) is 17.2 Å². The van der Waals surface area contributed by atoms with E-state index in [4.69, 9.17) is 4.74 Å². The highest BCUT2D eigenvalue weighted by molar-refractivity contribution is 5.99. The fourth-order valence-corrected chi connectivity index (χ4v) is 5.06. The molecule has 3 amide bonds. The van der Waals surface area contributed by atoms with Crippen LogP contribution in [0.2, 0.25) is 0 Å². The van der Waals surface area contributed by atoms with Gasteiger partial charge in [0.05, 0.1) is 5.92 Å². The largest absolute Gasteiger partial charge is 0.444 e. The second kappa shape index (κ2) is 9.91. The molecule has 8 nitrogen and oxygen atoms in total. The molecule has 190 valence electrons. The summed E-state index contributed by atoms with van der Waals surface area (Å²) in [7, 11) is 0. The van der Waals surface area contributed by atoms with Crippen LogP contribution in [0.15, 0.2) is 18.2 Å². The van der Waals surface area contributed by atoms with Crippen LogP contribution in [0.3, 0.4) is 0 Å². The third-order valence-corrected chi connectivity index (χ3v) is 7.05. The Morgan fingerprint density at radius 2 is 1.74 bits per heavy atom. The van der Waals surface area contributed by atoms with Crippen molar-refractivity contribution in [2.45, 2.75) is 71.9 Å². The summed E-state index contributed by atoms with van der Waals surface area (Å²) in [4.78, 5) is 45.6. The highest BCUT2D eigenvalue weighted by atomic mass is 16.6. The van der Waals surface area contributed by atoms with Gasteiger partial charge in [0.1, 0.15) is 5.60 Å². The van der Waals surface area contributed by atoms with Crippen molar-refractivity contribution in [3.05, 3.63) is 35.0 Å². The molecule has 35 heavy (non-hydrogen) atoms. The molecule has 0 aliphatic carbocycles. The first kappa shape index (κ1) is 25.1. The average molecular weight is 483 g/mol. The minimum absolute atomic E-state index is 0.00197. The molecule has 8 heteroatoms. The fourth-order valence-electron chi connectivity index (χ4n) is 5.06. The van der Waals surface area contributed by atoms with Crippen LogP contribution in [0.25, 0.3) is 10.9 Å². The predicted octanol–water partition coefficient (Wildman–Crippen LogP) is 4.15. The Morgan fingerprint density at radius 1 is 1.03 bits per heavy atom. The molecular formula is C27H38N4O4. The zero-order valence-corrected chi connectivity index (χ0v) is 21.6. The number of benzene rings is 1. The van der Waals surface area contributed by atoms with Gasteiger partial charge in [0.15, 0.2) is 0 Å². The standard InChI is InChI=1S/C27H38N4O4/c1-17-18(2)28-23-11-10-19(14-22(17)23)25(33)30-12-7-9-21(16-30)29-24(32)20-8-6-13-31(15-20)26(34)35-27(3,4)5/h10-11,14,20-21,28H,6-9,12-13,15-16H2,1-5H3,(H,29,32)/t20-,21+/m0/s1. The third kappa shape index (κ3) is 5.80. The number of carbonyl (C=O) groups is 3. The number of likely N-dealkylation sites (tertiary alicyclic amines) is 2. The molecule has 1 aromatic heterocycles. The summed E-state index contributed by atoms with van der Waals surface area (Å²) in [6.07, 6.45) is 2.83. The van der Waals surface area contributed by atoms with Gasteiger partial charge in [-0.05, 0) is 84.1 Å². The van der Waals surface area contributed by atoms with E-state index in [1.54, 1.807) is 4.90 Å². The molecule has 0 unspecified atom stereocenters. The number of rotatable bonds is 3. The maximum absolute atomic E-state index is 13.3. The average Bonchev–Trinajstić information content (AvgIpc) is 3.10. The third-order valence-electron chi connectivity index (χ3n) is 7.05. The first-order chi connectivity index (χ1) is 16.5. The van der Waals surface area contributed by atoms with E-state index in [1.807, 2.05) is 50.8 Å². The molecule has 0 saturated carbocycles. The molecule has 2 aliphatic heterocycles. The van der Waals surface area contributed by atoms with Gasteiger partial charge in [-0.25, -0.2) is 4.79 Å². The molecule has 2 N–H and O–H groups in total. The van der Waals surface area contributed by atoms with Crippen LogP contribution in [0.4, 0.5) is 4.79 Å². The second-order valence-corrected chi connectivity index (χ2v) is 11.0. The number of H-pyrrole nitrogens is 1. The summed E-state index contributed by atoms with van der Waals surface area (Å²) in [6, 6.07) is 5.71. The lowest BCUT2D eigenvalue weighted by Crippen LogP contribution is -2.53. The van der Waals surface area contributed by atoms with Crippen LogP contribution in [0.1, 0.15) is 68.1 Å². The Hall–Kier alpha value is -3.03. The summed E-state index contributed by atoms with van der Waals surface area (Å²) in [5, 5.41) is 4.23. The minimum Gasteiger partial charge on any atom is -0.444 e. The van der Waals surface area contributed by atoms with Gasteiger partial charge in [0, 0.05) is 54.4 Å². The molecule has 0 spiro atoms. The van der Waals surface area contributed by atoms with E-state index >= 15 is 0 Å². The molecule has 0 bridgehead atoms. The van der Waals surface area contributed by atoms with Crippen LogP contribution in [0, 0.1) is 19.8 Å². The van der Waals surface area contributed by atoms with Crippen LogP contribution >= 0.6 is 0 Å². The summed E-state index contributed by atoms with van der Waals surface area (Å²) in [6.45, 7) is 11.8. The quantitative estimate of drug-likeness (QED) is 0.687. The SMILES string of the molecule is Cc1[nH]c2ccc(C(=O)N3CCC[C@@H](NC(=O)[C@H]4CCCN(C(=O)OC(C)(C)C)C4)C3)cc2c1C. The Balaban J connectivity index is 1.36. The summed E-state index contributed by atoms with van der Waals surface area (Å²) >= 11 is 0. The van der Waals surface area contributed by atoms with Gasteiger partial charge in [0.25, 0.3) is 5.91 Å². The van der Waals surface area contributed by atoms with Gasteiger partial charge in [-0.15, -0.1) is 0 Å². The smallest absolute Gasteiger partial charge is 0.410 e. The van der Waals surface area contributed by atoms with Crippen molar-refractivity contribution in [2.24, 2.45) is 5.92 Å². The topological polar surface area (TPSA) is 94.7 Å². The first-order valence-electron chi connectivity index (χ1n) is 12.7. The maximum atomic E-state index is 13.3.